The van der Waals surface area contributed by atoms with Crippen LogP contribution in [0.4, 0.5) is 6.01 Å². The molecule has 9 heteroatoms. The van der Waals surface area contributed by atoms with Crippen LogP contribution in [0, 0.1) is 17.8 Å². The Balaban J connectivity index is 1.13. The number of aromatic nitrogens is 3. The zero-order valence-corrected chi connectivity index (χ0v) is 19.1. The molecule has 2 aliphatic rings. The quantitative estimate of drug-likeness (QED) is 0.536. The zero-order chi connectivity index (χ0) is 22.5. The van der Waals surface area contributed by atoms with Gasteiger partial charge in [0.2, 0.25) is 0 Å². The van der Waals surface area contributed by atoms with E-state index in [1.807, 2.05) is 24.3 Å². The van der Waals surface area contributed by atoms with Crippen LogP contribution >= 0.6 is 0 Å². The highest BCUT2D eigenvalue weighted by Crippen LogP contribution is 2.52. The summed E-state index contributed by atoms with van der Waals surface area (Å²) in [5.41, 5.74) is 1.64. The van der Waals surface area contributed by atoms with Gasteiger partial charge in [-0.3, -0.25) is 4.98 Å². The minimum atomic E-state index is -3.24. The van der Waals surface area contributed by atoms with Gasteiger partial charge in [0.05, 0.1) is 17.2 Å². The van der Waals surface area contributed by atoms with Gasteiger partial charge in [-0.2, -0.15) is 4.98 Å². The van der Waals surface area contributed by atoms with E-state index in [9.17, 15) is 8.42 Å². The average Bonchev–Trinajstić information content (AvgIpc) is 3.16. The van der Waals surface area contributed by atoms with Crippen LogP contribution in [0.15, 0.2) is 52.0 Å². The first kappa shape index (κ1) is 20.9. The van der Waals surface area contributed by atoms with E-state index >= 15 is 0 Å². The maximum atomic E-state index is 11.6. The summed E-state index contributed by atoms with van der Waals surface area (Å²) in [4.78, 5) is 11.2. The number of nitrogens with zero attached hydrogens (tertiary/aromatic N) is 4. The van der Waals surface area contributed by atoms with Crippen molar-refractivity contribution in [2.45, 2.75) is 24.7 Å². The smallest absolute Gasteiger partial charge is 0.324 e. The van der Waals surface area contributed by atoms with Crippen molar-refractivity contribution >= 4 is 15.9 Å². The van der Waals surface area contributed by atoms with Gasteiger partial charge in [-0.05, 0) is 48.2 Å². The maximum absolute atomic E-state index is 11.6. The summed E-state index contributed by atoms with van der Waals surface area (Å²) in [5, 5.41) is 4.06. The minimum absolute atomic E-state index is 0.217. The monoisotopic (exact) mass is 454 g/mol. The lowest BCUT2D eigenvalue weighted by atomic mass is 10.1. The topological polar surface area (TPSA) is 98.4 Å². The third-order valence-corrected chi connectivity index (χ3v) is 7.44. The van der Waals surface area contributed by atoms with E-state index in [2.05, 4.69) is 33.9 Å². The van der Waals surface area contributed by atoms with Crippen molar-refractivity contribution in [3.05, 3.63) is 48.4 Å². The van der Waals surface area contributed by atoms with Crippen molar-refractivity contribution < 1.29 is 17.7 Å². The van der Waals surface area contributed by atoms with E-state index in [1.54, 1.807) is 12.1 Å². The summed E-state index contributed by atoms with van der Waals surface area (Å²) in [5.74, 6) is 3.62. The molecule has 0 spiro atoms. The van der Waals surface area contributed by atoms with Gasteiger partial charge in [0, 0.05) is 42.9 Å². The molecule has 1 aromatic carbocycles. The van der Waals surface area contributed by atoms with Gasteiger partial charge >= 0.3 is 6.01 Å². The molecule has 0 bridgehead atoms. The van der Waals surface area contributed by atoms with Crippen LogP contribution in [0.1, 0.15) is 25.6 Å². The first-order valence-corrected chi connectivity index (χ1v) is 12.7. The summed E-state index contributed by atoms with van der Waals surface area (Å²) in [6.07, 6.45) is 2.57. The molecular formula is C23H26N4O4S. The summed E-state index contributed by atoms with van der Waals surface area (Å²) >= 11 is 0. The number of ether oxygens (including phenoxy) is 1. The summed E-state index contributed by atoms with van der Waals surface area (Å²) in [6, 6.07) is 11.7. The lowest BCUT2D eigenvalue weighted by molar-refractivity contribution is 0.282. The molecule has 1 unspecified atom stereocenters. The van der Waals surface area contributed by atoms with Crippen molar-refractivity contribution in [1.29, 1.82) is 0 Å². The second-order valence-electron chi connectivity index (χ2n) is 8.97. The molecular weight excluding hydrogens is 428 g/mol. The SMILES string of the molecule is CC(C)c1noc(N2CC3[C@@H](COc4ccc(-c5ccc(S(C)(=O)=O)cn5)cc4)[C@@H]3C2)n1. The molecule has 1 aliphatic heterocycles. The average molecular weight is 455 g/mol. The Labute approximate surface area is 187 Å². The van der Waals surface area contributed by atoms with E-state index < -0.39 is 9.84 Å². The van der Waals surface area contributed by atoms with Gasteiger partial charge in [-0.1, -0.05) is 19.0 Å². The Bertz CT molecular complexity index is 1190. The number of pyridine rings is 1. The van der Waals surface area contributed by atoms with Gasteiger partial charge in [0.1, 0.15) is 5.75 Å². The Morgan fingerprint density at radius 2 is 1.84 bits per heavy atom. The van der Waals surface area contributed by atoms with Crippen molar-refractivity contribution in [2.24, 2.45) is 17.8 Å². The standard InChI is InChI=1S/C23H26N4O4S/c1-14(2)22-25-23(31-26-22)27-11-18-19(12-27)20(18)13-30-16-6-4-15(5-7-16)21-9-8-17(10-24-21)32(3,28)29/h4-10,14,18-20H,11-13H2,1-3H3/t18-,19?,20+/m1/s1. The molecule has 1 saturated carbocycles. The van der Waals surface area contributed by atoms with Crippen LogP contribution in [0.5, 0.6) is 5.75 Å². The summed E-state index contributed by atoms with van der Waals surface area (Å²) in [6.45, 7) is 6.69. The van der Waals surface area contributed by atoms with E-state index in [-0.39, 0.29) is 10.8 Å². The molecule has 2 aromatic heterocycles. The molecule has 8 nitrogen and oxygen atoms in total. The number of benzene rings is 1. The fourth-order valence-corrected chi connectivity index (χ4v) is 4.89. The molecule has 0 N–H and O–H groups in total. The maximum Gasteiger partial charge on any atom is 0.324 e. The molecule has 3 heterocycles. The second kappa shape index (κ2) is 7.88. The molecule has 5 rings (SSSR count). The first-order chi connectivity index (χ1) is 15.3. The van der Waals surface area contributed by atoms with Crippen LogP contribution in [0.25, 0.3) is 11.3 Å². The van der Waals surface area contributed by atoms with Crippen LogP contribution in [0.2, 0.25) is 0 Å². The molecule has 0 radical (unpaired) electrons. The summed E-state index contributed by atoms with van der Waals surface area (Å²) in [7, 11) is -3.24. The van der Waals surface area contributed by atoms with Gasteiger partial charge in [-0.15, -0.1) is 0 Å². The molecule has 0 amide bonds. The summed E-state index contributed by atoms with van der Waals surface area (Å²) < 4.78 is 34.6. The highest BCUT2D eigenvalue weighted by Gasteiger charge is 2.56. The fraction of sp³-hybridized carbons (Fsp3) is 0.435. The van der Waals surface area contributed by atoms with Crippen LogP contribution in [0.3, 0.4) is 0 Å². The number of piperidine rings is 1. The van der Waals surface area contributed by atoms with E-state index in [0.29, 0.717) is 30.4 Å². The lowest BCUT2D eigenvalue weighted by Crippen LogP contribution is -2.25. The Hall–Kier alpha value is -2.94. The van der Waals surface area contributed by atoms with Crippen LogP contribution < -0.4 is 9.64 Å². The predicted molar refractivity (Wildman–Crippen MR) is 119 cm³/mol. The van der Waals surface area contributed by atoms with Crippen molar-refractivity contribution in [2.75, 3.05) is 30.9 Å². The third kappa shape index (κ3) is 4.09. The van der Waals surface area contributed by atoms with Crippen LogP contribution in [-0.4, -0.2) is 49.5 Å². The molecule has 3 aromatic rings. The lowest BCUT2D eigenvalue weighted by Gasteiger charge is -2.17. The van der Waals surface area contributed by atoms with Gasteiger partial charge < -0.3 is 14.2 Å². The largest absolute Gasteiger partial charge is 0.493 e. The molecule has 168 valence electrons. The van der Waals surface area contributed by atoms with Crippen molar-refractivity contribution in [3.63, 3.8) is 0 Å². The van der Waals surface area contributed by atoms with Crippen LogP contribution in [-0.2, 0) is 9.84 Å². The van der Waals surface area contributed by atoms with Gasteiger partial charge in [-0.25, -0.2) is 8.42 Å². The predicted octanol–water partition coefficient (Wildman–Crippen LogP) is 3.42. The highest BCUT2D eigenvalue weighted by molar-refractivity contribution is 7.90. The van der Waals surface area contributed by atoms with Crippen molar-refractivity contribution in [1.82, 2.24) is 15.1 Å². The van der Waals surface area contributed by atoms with E-state index in [4.69, 9.17) is 9.26 Å². The highest BCUT2D eigenvalue weighted by atomic mass is 32.2. The Morgan fingerprint density at radius 3 is 2.41 bits per heavy atom. The van der Waals surface area contributed by atoms with E-state index in [1.165, 1.54) is 12.5 Å². The minimum Gasteiger partial charge on any atom is -0.493 e. The third-order valence-electron chi connectivity index (χ3n) is 6.35. The number of hydrogen-bond acceptors (Lipinski definition) is 8. The molecule has 2 fully saturated rings. The molecule has 1 saturated heterocycles. The Morgan fingerprint density at radius 1 is 1.12 bits per heavy atom. The zero-order valence-electron chi connectivity index (χ0n) is 18.3. The number of anilines is 1. The number of fused-ring (bicyclic) bond motifs is 1. The first-order valence-electron chi connectivity index (χ1n) is 10.8. The molecule has 1 aliphatic carbocycles. The fourth-order valence-electron chi connectivity index (χ4n) is 4.33. The molecule has 3 atom stereocenters. The van der Waals surface area contributed by atoms with Gasteiger partial charge in [0.15, 0.2) is 15.7 Å². The number of rotatable bonds is 7. The second-order valence-corrected chi connectivity index (χ2v) is 11.0. The normalized spacial score (nSPS) is 22.2. The van der Waals surface area contributed by atoms with Gasteiger partial charge in [0.25, 0.3) is 0 Å². The number of hydrogen-bond donors (Lipinski definition) is 0. The van der Waals surface area contributed by atoms with Crippen molar-refractivity contribution in [3.8, 4) is 17.0 Å². The van der Waals surface area contributed by atoms with E-state index in [0.717, 1.165) is 35.9 Å². The molecule has 32 heavy (non-hydrogen) atoms. The Kier molecular flexibility index (Phi) is 5.16. The number of sulfone groups is 1.